The van der Waals surface area contributed by atoms with Gasteiger partial charge in [-0.15, -0.1) is 0 Å². The molecule has 1 amide bonds. The Morgan fingerprint density at radius 2 is 1.86 bits per heavy atom. The van der Waals surface area contributed by atoms with Crippen LogP contribution in [0.5, 0.6) is 5.75 Å². The van der Waals surface area contributed by atoms with Gasteiger partial charge in [0.15, 0.2) is 5.69 Å². The number of amides is 1. The third kappa shape index (κ3) is 4.29. The number of hydrogen-bond donors (Lipinski definition) is 1. The lowest BCUT2D eigenvalue weighted by Crippen LogP contribution is -2.47. The van der Waals surface area contributed by atoms with Crippen LogP contribution < -0.4 is 15.0 Å². The van der Waals surface area contributed by atoms with Crippen LogP contribution in [0, 0.1) is 0 Å². The van der Waals surface area contributed by atoms with E-state index in [0.717, 1.165) is 78.4 Å². The van der Waals surface area contributed by atoms with Crippen LogP contribution in [0.1, 0.15) is 27.4 Å². The van der Waals surface area contributed by atoms with Gasteiger partial charge in [0.2, 0.25) is 0 Å². The van der Waals surface area contributed by atoms with Crippen LogP contribution >= 0.6 is 0 Å². The molecule has 0 saturated carbocycles. The molecule has 6 rings (SSSR count). The highest BCUT2D eigenvalue weighted by atomic mass is 19.1. The molecule has 190 valence electrons. The second-order valence-corrected chi connectivity index (χ2v) is 9.40. The van der Waals surface area contributed by atoms with Crippen LogP contribution in [0.15, 0.2) is 54.9 Å². The summed E-state index contributed by atoms with van der Waals surface area (Å²) < 4.78 is 21.2. The van der Waals surface area contributed by atoms with E-state index in [1.807, 2.05) is 34.9 Å². The fourth-order valence-corrected chi connectivity index (χ4v) is 5.31. The van der Waals surface area contributed by atoms with Crippen LogP contribution in [-0.2, 0) is 19.7 Å². The van der Waals surface area contributed by atoms with Crippen molar-refractivity contribution in [3.8, 4) is 11.4 Å². The Morgan fingerprint density at radius 1 is 1.05 bits per heavy atom. The first-order chi connectivity index (χ1) is 18.2. The van der Waals surface area contributed by atoms with Crippen LogP contribution in [-0.4, -0.2) is 65.1 Å². The van der Waals surface area contributed by atoms with E-state index in [9.17, 15) is 9.18 Å². The number of aromatic nitrogens is 3. The summed E-state index contributed by atoms with van der Waals surface area (Å²) in [5.41, 5.74) is 5.72. The van der Waals surface area contributed by atoms with Crippen LogP contribution in [0.3, 0.4) is 0 Å². The maximum absolute atomic E-state index is 13.0. The van der Waals surface area contributed by atoms with Gasteiger partial charge < -0.3 is 15.0 Å². The molecule has 0 atom stereocenters. The number of alkyl halides is 1. The van der Waals surface area contributed by atoms with Gasteiger partial charge in [0.25, 0.3) is 5.91 Å². The number of imidazole rings is 1. The standard InChI is InChI=1S/C28H29FN6O2/c1-30-28(36)26-25-17-37-27-19(4-2-7-24(27)35(25)18-31-26)10-11-33-12-14-34(15-13-33)23-6-3-5-22-21(23)9-8-20(16-29)32-22/h2-9,18H,10-17H2,1H3,(H,30,36). The number of halogens is 1. The molecule has 1 N–H and O–H groups in total. The van der Waals surface area contributed by atoms with Crippen molar-refractivity contribution in [1.29, 1.82) is 0 Å². The Bertz CT molecular complexity index is 1460. The number of nitrogens with one attached hydrogen (secondary N) is 1. The van der Waals surface area contributed by atoms with Gasteiger partial charge in [0, 0.05) is 50.8 Å². The second kappa shape index (κ2) is 9.82. The number of ether oxygens (including phenoxy) is 1. The largest absolute Gasteiger partial charge is 0.485 e. The summed E-state index contributed by atoms with van der Waals surface area (Å²) in [6, 6.07) is 16.0. The molecule has 8 nitrogen and oxygen atoms in total. The van der Waals surface area contributed by atoms with E-state index in [-0.39, 0.29) is 5.91 Å². The average Bonchev–Trinajstić information content (AvgIpc) is 3.40. The Kier molecular flexibility index (Phi) is 6.21. The first-order valence-corrected chi connectivity index (χ1v) is 12.6. The minimum atomic E-state index is -0.547. The Hall–Kier alpha value is -3.98. The first kappa shape index (κ1) is 23.4. The number of carbonyl (C=O) groups excluding carboxylic acids is 1. The molecule has 0 bridgehead atoms. The second-order valence-electron chi connectivity index (χ2n) is 9.40. The number of benzene rings is 2. The molecule has 4 aromatic rings. The number of nitrogens with zero attached hydrogens (tertiary/aromatic N) is 5. The summed E-state index contributed by atoms with van der Waals surface area (Å²) in [7, 11) is 1.60. The van der Waals surface area contributed by atoms with Crippen molar-refractivity contribution in [2.75, 3.05) is 44.7 Å². The number of carbonyl (C=O) groups is 1. The summed E-state index contributed by atoms with van der Waals surface area (Å²) in [6.45, 7) is 4.48. The molecule has 1 fully saturated rings. The van der Waals surface area contributed by atoms with Crippen molar-refractivity contribution < 1.29 is 13.9 Å². The number of para-hydroxylation sites is 1. The molecule has 37 heavy (non-hydrogen) atoms. The summed E-state index contributed by atoms with van der Waals surface area (Å²) in [5.74, 6) is 0.658. The molecule has 0 radical (unpaired) electrons. The zero-order chi connectivity index (χ0) is 25.4. The molecule has 4 heterocycles. The maximum Gasteiger partial charge on any atom is 0.271 e. The highest BCUT2D eigenvalue weighted by Gasteiger charge is 2.26. The summed E-state index contributed by atoms with van der Waals surface area (Å²) >= 11 is 0. The minimum absolute atomic E-state index is 0.208. The lowest BCUT2D eigenvalue weighted by atomic mass is 10.1. The summed E-state index contributed by atoms with van der Waals surface area (Å²) in [4.78, 5) is 25.8. The van der Waals surface area contributed by atoms with Crippen LogP contribution in [0.4, 0.5) is 10.1 Å². The molecular weight excluding hydrogens is 471 g/mol. The fraction of sp³-hybridized carbons (Fsp3) is 0.321. The predicted octanol–water partition coefficient (Wildman–Crippen LogP) is 3.51. The van der Waals surface area contributed by atoms with E-state index >= 15 is 0 Å². The normalized spacial score (nSPS) is 15.2. The van der Waals surface area contributed by atoms with Crippen molar-refractivity contribution in [2.24, 2.45) is 0 Å². The third-order valence-corrected chi connectivity index (χ3v) is 7.31. The maximum atomic E-state index is 13.0. The molecule has 2 aliphatic heterocycles. The van der Waals surface area contributed by atoms with E-state index in [1.165, 1.54) is 0 Å². The topological polar surface area (TPSA) is 75.5 Å². The number of rotatable bonds is 6. The van der Waals surface area contributed by atoms with E-state index in [2.05, 4.69) is 37.2 Å². The summed E-state index contributed by atoms with van der Waals surface area (Å²) in [5, 5.41) is 3.71. The zero-order valence-electron chi connectivity index (χ0n) is 20.8. The quantitative estimate of drug-likeness (QED) is 0.437. The molecular formula is C28H29FN6O2. The fourth-order valence-electron chi connectivity index (χ4n) is 5.31. The Balaban J connectivity index is 1.12. The molecule has 2 aliphatic rings. The molecule has 0 unspecified atom stereocenters. The van der Waals surface area contributed by atoms with Crippen molar-refractivity contribution >= 4 is 22.5 Å². The molecule has 0 spiro atoms. The highest BCUT2D eigenvalue weighted by Crippen LogP contribution is 2.34. The number of pyridine rings is 1. The smallest absolute Gasteiger partial charge is 0.271 e. The predicted molar refractivity (Wildman–Crippen MR) is 140 cm³/mol. The third-order valence-electron chi connectivity index (χ3n) is 7.31. The molecule has 1 saturated heterocycles. The lowest BCUT2D eigenvalue weighted by molar-refractivity contribution is 0.0955. The molecule has 2 aromatic carbocycles. The average molecular weight is 501 g/mol. The molecule has 2 aromatic heterocycles. The highest BCUT2D eigenvalue weighted by molar-refractivity contribution is 5.93. The SMILES string of the molecule is CNC(=O)c1ncn2c1COc1c(CCN3CCN(c4cccc5nc(CF)ccc45)CC3)cccc1-2. The van der Waals surface area contributed by atoms with E-state index < -0.39 is 6.67 Å². The minimum Gasteiger partial charge on any atom is -0.485 e. The van der Waals surface area contributed by atoms with Gasteiger partial charge in [-0.3, -0.25) is 14.3 Å². The number of fused-ring (bicyclic) bond motifs is 4. The van der Waals surface area contributed by atoms with Crippen molar-refractivity contribution in [3.63, 3.8) is 0 Å². The van der Waals surface area contributed by atoms with E-state index in [4.69, 9.17) is 4.74 Å². The van der Waals surface area contributed by atoms with Gasteiger partial charge in [-0.1, -0.05) is 18.2 Å². The van der Waals surface area contributed by atoms with E-state index in [1.54, 1.807) is 19.4 Å². The Morgan fingerprint density at radius 3 is 2.68 bits per heavy atom. The van der Waals surface area contributed by atoms with Gasteiger partial charge in [-0.25, -0.2) is 14.4 Å². The van der Waals surface area contributed by atoms with Gasteiger partial charge in [-0.2, -0.15) is 0 Å². The monoisotopic (exact) mass is 500 g/mol. The van der Waals surface area contributed by atoms with Crippen LogP contribution in [0.2, 0.25) is 0 Å². The van der Waals surface area contributed by atoms with E-state index in [0.29, 0.717) is 18.0 Å². The number of anilines is 1. The van der Waals surface area contributed by atoms with Crippen molar-refractivity contribution in [2.45, 2.75) is 19.7 Å². The lowest BCUT2D eigenvalue weighted by Gasteiger charge is -2.36. The van der Waals surface area contributed by atoms with Crippen molar-refractivity contribution in [3.05, 3.63) is 77.5 Å². The number of piperazine rings is 1. The Labute approximate surface area is 214 Å². The van der Waals surface area contributed by atoms with Crippen LogP contribution in [0.25, 0.3) is 16.6 Å². The van der Waals surface area contributed by atoms with Gasteiger partial charge in [-0.05, 0) is 42.3 Å². The summed E-state index contributed by atoms with van der Waals surface area (Å²) in [6.07, 6.45) is 2.57. The number of hydrogen-bond acceptors (Lipinski definition) is 6. The van der Waals surface area contributed by atoms with Crippen molar-refractivity contribution in [1.82, 2.24) is 24.8 Å². The van der Waals surface area contributed by atoms with Gasteiger partial charge >= 0.3 is 0 Å². The van der Waals surface area contributed by atoms with Gasteiger partial charge in [0.05, 0.1) is 22.6 Å². The molecule has 0 aliphatic carbocycles. The first-order valence-electron chi connectivity index (χ1n) is 12.6. The zero-order valence-corrected chi connectivity index (χ0v) is 20.8. The molecule has 9 heteroatoms. The van der Waals surface area contributed by atoms with Gasteiger partial charge in [0.1, 0.15) is 25.4 Å².